The summed E-state index contributed by atoms with van der Waals surface area (Å²) in [6.45, 7) is 4.85. The van der Waals surface area contributed by atoms with E-state index >= 15 is 0 Å². The van der Waals surface area contributed by atoms with Crippen LogP contribution in [-0.2, 0) is 0 Å². The standard InChI is InChI=1S/C15H17NOS/c1-3-10-16-15(17)14-9-8-13(18-14)12-6-4-11(2)5-7-12/h4-9H,3,10H2,1-2H3,(H,16,17). The first kappa shape index (κ1) is 12.8. The van der Waals surface area contributed by atoms with Gasteiger partial charge < -0.3 is 5.32 Å². The zero-order valence-corrected chi connectivity index (χ0v) is 11.5. The lowest BCUT2D eigenvalue weighted by molar-refractivity contribution is 0.0957. The Hall–Kier alpha value is -1.61. The fourth-order valence-corrected chi connectivity index (χ4v) is 2.59. The minimum atomic E-state index is 0.0280. The Kier molecular flexibility index (Phi) is 4.15. The second kappa shape index (κ2) is 5.83. The molecular formula is C15H17NOS. The van der Waals surface area contributed by atoms with Crippen LogP contribution in [0.1, 0.15) is 28.6 Å². The van der Waals surface area contributed by atoms with Crippen LogP contribution in [0.4, 0.5) is 0 Å². The number of nitrogens with one attached hydrogen (secondary N) is 1. The summed E-state index contributed by atoms with van der Waals surface area (Å²) in [6.07, 6.45) is 0.960. The van der Waals surface area contributed by atoms with Gasteiger partial charge >= 0.3 is 0 Å². The molecule has 0 aliphatic heterocycles. The van der Waals surface area contributed by atoms with Gasteiger partial charge in [0.05, 0.1) is 4.88 Å². The Balaban J connectivity index is 2.15. The van der Waals surface area contributed by atoms with Crippen molar-refractivity contribution < 1.29 is 4.79 Å². The van der Waals surface area contributed by atoms with E-state index in [2.05, 4.69) is 36.5 Å². The highest BCUT2D eigenvalue weighted by molar-refractivity contribution is 7.17. The Morgan fingerprint density at radius 2 is 1.89 bits per heavy atom. The van der Waals surface area contributed by atoms with Crippen molar-refractivity contribution in [1.82, 2.24) is 5.32 Å². The summed E-state index contributed by atoms with van der Waals surface area (Å²) in [7, 11) is 0. The van der Waals surface area contributed by atoms with Crippen LogP contribution in [0.5, 0.6) is 0 Å². The lowest BCUT2D eigenvalue weighted by Gasteiger charge is -2.00. The van der Waals surface area contributed by atoms with Gasteiger partial charge in [-0.2, -0.15) is 0 Å². The van der Waals surface area contributed by atoms with Crippen LogP contribution in [0.25, 0.3) is 10.4 Å². The Morgan fingerprint density at radius 1 is 1.17 bits per heavy atom. The first-order valence-corrected chi connectivity index (χ1v) is 6.97. The molecule has 2 rings (SSSR count). The smallest absolute Gasteiger partial charge is 0.261 e. The number of carbonyl (C=O) groups excluding carboxylic acids is 1. The molecule has 0 aliphatic rings. The van der Waals surface area contributed by atoms with Crippen molar-refractivity contribution in [2.45, 2.75) is 20.3 Å². The first-order valence-electron chi connectivity index (χ1n) is 6.16. The van der Waals surface area contributed by atoms with Gasteiger partial charge in [0.2, 0.25) is 0 Å². The molecule has 1 aromatic heterocycles. The van der Waals surface area contributed by atoms with E-state index in [0.29, 0.717) is 0 Å². The lowest BCUT2D eigenvalue weighted by atomic mass is 10.1. The molecular weight excluding hydrogens is 242 g/mol. The maximum Gasteiger partial charge on any atom is 0.261 e. The minimum Gasteiger partial charge on any atom is -0.351 e. The van der Waals surface area contributed by atoms with E-state index in [1.807, 2.05) is 19.1 Å². The molecule has 1 amide bonds. The first-order chi connectivity index (χ1) is 8.70. The summed E-state index contributed by atoms with van der Waals surface area (Å²) in [6, 6.07) is 12.3. The molecule has 0 saturated carbocycles. The number of benzene rings is 1. The van der Waals surface area contributed by atoms with Crippen molar-refractivity contribution in [2.75, 3.05) is 6.54 Å². The van der Waals surface area contributed by atoms with Gasteiger partial charge in [-0.05, 0) is 31.0 Å². The van der Waals surface area contributed by atoms with E-state index in [1.54, 1.807) is 0 Å². The number of aryl methyl sites for hydroxylation is 1. The van der Waals surface area contributed by atoms with Crippen LogP contribution in [0.2, 0.25) is 0 Å². The maximum atomic E-state index is 11.8. The van der Waals surface area contributed by atoms with Crippen LogP contribution < -0.4 is 5.32 Å². The number of rotatable bonds is 4. The quantitative estimate of drug-likeness (QED) is 0.887. The second-order valence-electron chi connectivity index (χ2n) is 4.29. The number of hydrogen-bond acceptors (Lipinski definition) is 2. The Morgan fingerprint density at radius 3 is 2.56 bits per heavy atom. The molecule has 0 spiro atoms. The number of hydrogen-bond donors (Lipinski definition) is 1. The van der Waals surface area contributed by atoms with Crippen LogP contribution in [-0.4, -0.2) is 12.5 Å². The molecule has 0 radical (unpaired) electrons. The van der Waals surface area contributed by atoms with Crippen LogP contribution in [0.3, 0.4) is 0 Å². The van der Waals surface area contributed by atoms with Crippen molar-refractivity contribution in [1.29, 1.82) is 0 Å². The number of carbonyl (C=O) groups is 1. The third-order valence-corrected chi connectivity index (χ3v) is 3.83. The van der Waals surface area contributed by atoms with E-state index in [0.717, 1.165) is 22.7 Å². The van der Waals surface area contributed by atoms with Gasteiger partial charge in [0.1, 0.15) is 0 Å². The largest absolute Gasteiger partial charge is 0.351 e. The highest BCUT2D eigenvalue weighted by atomic mass is 32.1. The van der Waals surface area contributed by atoms with Crippen molar-refractivity contribution in [3.05, 3.63) is 46.8 Å². The van der Waals surface area contributed by atoms with Gasteiger partial charge in [-0.1, -0.05) is 36.8 Å². The van der Waals surface area contributed by atoms with Gasteiger partial charge in [-0.15, -0.1) is 11.3 Å². The molecule has 3 heteroatoms. The van der Waals surface area contributed by atoms with Gasteiger partial charge in [0, 0.05) is 11.4 Å². The van der Waals surface area contributed by atoms with Gasteiger partial charge in [0.25, 0.3) is 5.91 Å². The normalized spacial score (nSPS) is 10.3. The average Bonchev–Trinajstić information content (AvgIpc) is 2.86. The molecule has 0 bridgehead atoms. The summed E-state index contributed by atoms with van der Waals surface area (Å²) >= 11 is 1.54. The molecule has 2 nitrogen and oxygen atoms in total. The zero-order valence-electron chi connectivity index (χ0n) is 10.7. The molecule has 1 heterocycles. The molecule has 0 aliphatic carbocycles. The average molecular weight is 259 g/mol. The zero-order chi connectivity index (χ0) is 13.0. The molecule has 1 N–H and O–H groups in total. The Bertz CT molecular complexity index is 528. The number of thiophene rings is 1. The van der Waals surface area contributed by atoms with Crippen molar-refractivity contribution >= 4 is 17.2 Å². The van der Waals surface area contributed by atoms with Crippen molar-refractivity contribution in [3.8, 4) is 10.4 Å². The van der Waals surface area contributed by atoms with Gasteiger partial charge in [0.15, 0.2) is 0 Å². The molecule has 2 aromatic rings. The summed E-state index contributed by atoms with van der Waals surface area (Å²) in [5, 5.41) is 2.89. The maximum absolute atomic E-state index is 11.8. The minimum absolute atomic E-state index is 0.0280. The van der Waals surface area contributed by atoms with E-state index < -0.39 is 0 Å². The topological polar surface area (TPSA) is 29.1 Å². The monoisotopic (exact) mass is 259 g/mol. The molecule has 0 unspecified atom stereocenters. The molecule has 0 atom stereocenters. The summed E-state index contributed by atoms with van der Waals surface area (Å²) < 4.78 is 0. The van der Waals surface area contributed by atoms with E-state index in [9.17, 15) is 4.79 Å². The van der Waals surface area contributed by atoms with Crippen LogP contribution >= 0.6 is 11.3 Å². The van der Waals surface area contributed by atoms with Crippen molar-refractivity contribution in [2.24, 2.45) is 0 Å². The fourth-order valence-electron chi connectivity index (χ4n) is 1.66. The molecule has 0 saturated heterocycles. The highest BCUT2D eigenvalue weighted by Crippen LogP contribution is 2.28. The third-order valence-electron chi connectivity index (χ3n) is 2.70. The third kappa shape index (κ3) is 2.99. The van der Waals surface area contributed by atoms with Crippen LogP contribution in [0.15, 0.2) is 36.4 Å². The van der Waals surface area contributed by atoms with Gasteiger partial charge in [-0.25, -0.2) is 0 Å². The van der Waals surface area contributed by atoms with E-state index in [4.69, 9.17) is 0 Å². The lowest BCUT2D eigenvalue weighted by Crippen LogP contribution is -2.22. The fraction of sp³-hybridized carbons (Fsp3) is 0.267. The summed E-state index contributed by atoms with van der Waals surface area (Å²) in [4.78, 5) is 13.7. The van der Waals surface area contributed by atoms with Gasteiger partial charge in [-0.3, -0.25) is 4.79 Å². The van der Waals surface area contributed by atoms with Crippen molar-refractivity contribution in [3.63, 3.8) is 0 Å². The molecule has 1 aromatic carbocycles. The molecule has 0 fully saturated rings. The van der Waals surface area contributed by atoms with E-state index in [-0.39, 0.29) is 5.91 Å². The van der Waals surface area contributed by atoms with E-state index in [1.165, 1.54) is 22.5 Å². The highest BCUT2D eigenvalue weighted by Gasteiger charge is 2.09. The Labute approximate surface area is 112 Å². The second-order valence-corrected chi connectivity index (χ2v) is 5.37. The molecule has 18 heavy (non-hydrogen) atoms. The van der Waals surface area contributed by atoms with Crippen LogP contribution in [0, 0.1) is 6.92 Å². The predicted octanol–water partition coefficient (Wildman–Crippen LogP) is 3.86. The summed E-state index contributed by atoms with van der Waals surface area (Å²) in [5.74, 6) is 0.0280. The SMILES string of the molecule is CCCNC(=O)c1ccc(-c2ccc(C)cc2)s1. The molecule has 94 valence electrons. The summed E-state index contributed by atoms with van der Waals surface area (Å²) in [5.41, 5.74) is 2.41. The number of amides is 1. The predicted molar refractivity (Wildman–Crippen MR) is 77.1 cm³/mol.